The van der Waals surface area contributed by atoms with Crippen LogP contribution in [0.1, 0.15) is 11.1 Å². The Kier molecular flexibility index (Phi) is 4.38. The Morgan fingerprint density at radius 2 is 2.20 bits per heavy atom. The molecule has 0 saturated carbocycles. The number of methoxy groups -OCH3 is 1. The molecule has 1 rings (SSSR count). The lowest BCUT2D eigenvalue weighted by molar-refractivity contribution is 0.140. The predicted octanol–water partition coefficient (Wildman–Crippen LogP) is 1.90. The van der Waals surface area contributed by atoms with Gasteiger partial charge in [0.1, 0.15) is 0 Å². The van der Waals surface area contributed by atoms with Gasteiger partial charge in [-0.1, -0.05) is 15.9 Å². The van der Waals surface area contributed by atoms with Crippen molar-refractivity contribution in [1.29, 1.82) is 0 Å². The number of hydrogen-bond acceptors (Lipinski definition) is 4. The molecule has 0 radical (unpaired) electrons. The van der Waals surface area contributed by atoms with Crippen molar-refractivity contribution < 1.29 is 14.7 Å². The molecule has 5 heteroatoms. The van der Waals surface area contributed by atoms with Crippen molar-refractivity contribution in [3.63, 3.8) is 0 Å². The van der Waals surface area contributed by atoms with E-state index in [1.165, 1.54) is 7.11 Å². The zero-order chi connectivity index (χ0) is 11.4. The molecule has 3 N–H and O–H groups in total. The minimum absolute atomic E-state index is 0.132. The third-order valence-electron chi connectivity index (χ3n) is 2.17. The van der Waals surface area contributed by atoms with Crippen molar-refractivity contribution in [2.24, 2.45) is 5.90 Å². The Labute approximate surface area is 97.1 Å². The van der Waals surface area contributed by atoms with Crippen molar-refractivity contribution in [2.45, 2.75) is 13.3 Å². The fourth-order valence-electron chi connectivity index (χ4n) is 1.36. The van der Waals surface area contributed by atoms with E-state index in [1.54, 1.807) is 6.07 Å². The highest BCUT2D eigenvalue weighted by Gasteiger charge is 2.14. The highest BCUT2D eigenvalue weighted by atomic mass is 79.9. The van der Waals surface area contributed by atoms with Crippen LogP contribution in [0.5, 0.6) is 11.5 Å². The molecule has 4 nitrogen and oxygen atoms in total. The Morgan fingerprint density at radius 1 is 1.53 bits per heavy atom. The van der Waals surface area contributed by atoms with E-state index < -0.39 is 0 Å². The summed E-state index contributed by atoms with van der Waals surface area (Å²) >= 11 is 3.41. The van der Waals surface area contributed by atoms with E-state index in [0.717, 1.165) is 15.6 Å². The molecule has 1 aromatic carbocycles. The number of aryl methyl sites for hydroxylation is 1. The van der Waals surface area contributed by atoms with E-state index in [-0.39, 0.29) is 5.75 Å². The molecular formula is C10H14BrNO3. The lowest BCUT2D eigenvalue weighted by Gasteiger charge is -2.13. The van der Waals surface area contributed by atoms with Crippen LogP contribution >= 0.6 is 15.9 Å². The number of phenols is 1. The van der Waals surface area contributed by atoms with Gasteiger partial charge in [-0.25, -0.2) is 5.90 Å². The zero-order valence-electron chi connectivity index (χ0n) is 8.71. The monoisotopic (exact) mass is 275 g/mol. The summed E-state index contributed by atoms with van der Waals surface area (Å²) in [5.74, 6) is 5.55. The number of phenolic OH excluding ortho intramolecular Hbond substituents is 1. The molecule has 0 bridgehead atoms. The minimum atomic E-state index is 0.132. The largest absolute Gasteiger partial charge is 0.504 e. The van der Waals surface area contributed by atoms with Gasteiger partial charge in [0.05, 0.1) is 13.7 Å². The maximum atomic E-state index is 9.87. The van der Waals surface area contributed by atoms with Gasteiger partial charge in [0, 0.05) is 16.5 Å². The molecule has 0 aliphatic heterocycles. The van der Waals surface area contributed by atoms with Crippen molar-refractivity contribution in [3.8, 4) is 11.5 Å². The molecule has 0 spiro atoms. The van der Waals surface area contributed by atoms with Gasteiger partial charge in [-0.2, -0.15) is 0 Å². The molecule has 0 aliphatic carbocycles. The Balaban J connectivity index is 3.15. The molecule has 0 unspecified atom stereocenters. The Hall–Kier alpha value is -0.780. The first kappa shape index (κ1) is 12.3. The Morgan fingerprint density at radius 3 is 2.73 bits per heavy atom. The summed E-state index contributed by atoms with van der Waals surface area (Å²) in [6, 6.07) is 1.77. The summed E-state index contributed by atoms with van der Waals surface area (Å²) in [7, 11) is 1.52. The van der Waals surface area contributed by atoms with E-state index in [1.807, 2.05) is 6.92 Å². The van der Waals surface area contributed by atoms with Gasteiger partial charge in [0.15, 0.2) is 11.5 Å². The maximum absolute atomic E-state index is 9.87. The second-order valence-corrected chi connectivity index (χ2v) is 3.95. The van der Waals surface area contributed by atoms with E-state index >= 15 is 0 Å². The van der Waals surface area contributed by atoms with Crippen LogP contribution in [0.4, 0.5) is 0 Å². The van der Waals surface area contributed by atoms with Crippen LogP contribution in [0.3, 0.4) is 0 Å². The SMILES string of the molecule is COc1cc(C)c(Br)c(CCON)c1O. The number of benzene rings is 1. The van der Waals surface area contributed by atoms with Crippen LogP contribution in [-0.2, 0) is 11.3 Å². The standard InChI is InChI=1S/C10H14BrNO3/c1-6-5-8(14-2)10(13)7(9(6)11)3-4-15-12/h5,13H,3-4,12H2,1-2H3. The van der Waals surface area contributed by atoms with Crippen molar-refractivity contribution in [3.05, 3.63) is 21.7 Å². The van der Waals surface area contributed by atoms with E-state index in [9.17, 15) is 5.11 Å². The van der Waals surface area contributed by atoms with Crippen LogP contribution in [0.15, 0.2) is 10.5 Å². The first-order valence-corrected chi connectivity index (χ1v) is 5.27. The number of hydrogen-bond donors (Lipinski definition) is 2. The zero-order valence-corrected chi connectivity index (χ0v) is 10.3. The number of nitrogens with two attached hydrogens (primary N) is 1. The van der Waals surface area contributed by atoms with Crippen molar-refractivity contribution in [1.82, 2.24) is 0 Å². The molecule has 0 amide bonds. The van der Waals surface area contributed by atoms with Crippen molar-refractivity contribution in [2.75, 3.05) is 13.7 Å². The highest BCUT2D eigenvalue weighted by Crippen LogP contribution is 2.37. The number of ether oxygens (including phenoxy) is 1. The van der Waals surface area contributed by atoms with Gasteiger partial charge in [0.25, 0.3) is 0 Å². The van der Waals surface area contributed by atoms with Gasteiger partial charge in [-0.05, 0) is 18.6 Å². The smallest absolute Gasteiger partial charge is 0.162 e. The number of rotatable bonds is 4. The molecule has 0 aromatic heterocycles. The van der Waals surface area contributed by atoms with Crippen LogP contribution in [-0.4, -0.2) is 18.8 Å². The minimum Gasteiger partial charge on any atom is -0.504 e. The summed E-state index contributed by atoms with van der Waals surface area (Å²) in [6.07, 6.45) is 0.529. The highest BCUT2D eigenvalue weighted by molar-refractivity contribution is 9.10. The quantitative estimate of drug-likeness (QED) is 0.824. The Bertz CT molecular complexity index is 355. The van der Waals surface area contributed by atoms with Crippen LogP contribution in [0, 0.1) is 6.92 Å². The van der Waals surface area contributed by atoms with Crippen LogP contribution in [0.2, 0.25) is 0 Å². The molecule has 84 valence electrons. The first-order chi connectivity index (χ1) is 7.11. The lowest BCUT2D eigenvalue weighted by Crippen LogP contribution is -2.05. The fraction of sp³-hybridized carbons (Fsp3) is 0.400. The number of aromatic hydroxyl groups is 1. The molecule has 0 aliphatic rings. The maximum Gasteiger partial charge on any atom is 0.162 e. The van der Waals surface area contributed by atoms with E-state index in [2.05, 4.69) is 20.8 Å². The average molecular weight is 276 g/mol. The van der Waals surface area contributed by atoms with Gasteiger partial charge in [0.2, 0.25) is 0 Å². The normalized spacial score (nSPS) is 10.4. The summed E-state index contributed by atoms with van der Waals surface area (Å²) in [6.45, 7) is 2.28. The van der Waals surface area contributed by atoms with Gasteiger partial charge in [-0.15, -0.1) is 0 Å². The second-order valence-electron chi connectivity index (χ2n) is 3.16. The summed E-state index contributed by atoms with van der Waals surface area (Å²) < 4.78 is 5.92. The summed E-state index contributed by atoms with van der Waals surface area (Å²) in [4.78, 5) is 4.50. The topological polar surface area (TPSA) is 64.7 Å². The number of halogens is 1. The first-order valence-electron chi connectivity index (χ1n) is 4.48. The molecule has 0 atom stereocenters. The van der Waals surface area contributed by atoms with Gasteiger partial charge < -0.3 is 14.7 Å². The summed E-state index contributed by atoms with van der Waals surface area (Å²) in [5.41, 5.74) is 1.74. The van der Waals surface area contributed by atoms with Crippen LogP contribution in [0.25, 0.3) is 0 Å². The van der Waals surface area contributed by atoms with E-state index in [0.29, 0.717) is 18.8 Å². The molecular weight excluding hydrogens is 262 g/mol. The molecule has 15 heavy (non-hydrogen) atoms. The lowest BCUT2D eigenvalue weighted by atomic mass is 10.1. The van der Waals surface area contributed by atoms with Crippen LogP contribution < -0.4 is 10.6 Å². The summed E-state index contributed by atoms with van der Waals surface area (Å²) in [5, 5.41) is 9.87. The molecule has 0 saturated heterocycles. The predicted molar refractivity (Wildman–Crippen MR) is 60.9 cm³/mol. The van der Waals surface area contributed by atoms with Gasteiger partial charge in [-0.3, -0.25) is 0 Å². The molecule has 1 aromatic rings. The third kappa shape index (κ3) is 2.62. The molecule has 0 fully saturated rings. The second kappa shape index (κ2) is 5.34. The third-order valence-corrected chi connectivity index (χ3v) is 3.27. The van der Waals surface area contributed by atoms with Gasteiger partial charge >= 0.3 is 0 Å². The average Bonchev–Trinajstić information content (AvgIpc) is 2.23. The fourth-order valence-corrected chi connectivity index (χ4v) is 1.86. The van der Waals surface area contributed by atoms with E-state index in [4.69, 9.17) is 10.6 Å². The van der Waals surface area contributed by atoms with Crippen molar-refractivity contribution >= 4 is 15.9 Å². The molecule has 0 heterocycles.